The van der Waals surface area contributed by atoms with Gasteiger partial charge in [-0.05, 0) is 26.0 Å². The SMILES string of the molecule is CCNC(=NCCCOc1ccc(C)cc1)N1CCN(S(=O)(=O)Cc2ccon2)CC1.I. The summed E-state index contributed by atoms with van der Waals surface area (Å²) in [6.07, 6.45) is 2.18. The van der Waals surface area contributed by atoms with Crippen molar-refractivity contribution in [2.45, 2.75) is 26.0 Å². The fraction of sp³-hybridized carbons (Fsp3) is 0.524. The highest BCUT2D eigenvalue weighted by Crippen LogP contribution is 2.13. The maximum Gasteiger partial charge on any atom is 0.220 e. The molecule has 178 valence electrons. The number of aromatic nitrogens is 1. The molecule has 0 spiro atoms. The van der Waals surface area contributed by atoms with E-state index in [0.717, 1.165) is 24.7 Å². The topological polar surface area (TPSA) is 100 Å². The molecule has 3 rings (SSSR count). The number of hydrogen-bond acceptors (Lipinski definition) is 6. The maximum absolute atomic E-state index is 12.6. The average molecular weight is 577 g/mol. The van der Waals surface area contributed by atoms with Crippen molar-refractivity contribution in [3.63, 3.8) is 0 Å². The first-order valence-electron chi connectivity index (χ1n) is 10.6. The fourth-order valence-electron chi connectivity index (χ4n) is 3.27. The Morgan fingerprint density at radius 2 is 1.91 bits per heavy atom. The van der Waals surface area contributed by atoms with Gasteiger partial charge < -0.3 is 19.5 Å². The number of piperazine rings is 1. The van der Waals surface area contributed by atoms with E-state index in [1.54, 1.807) is 6.07 Å². The minimum absolute atomic E-state index is 0. The van der Waals surface area contributed by atoms with Gasteiger partial charge in [0.05, 0.1) is 12.3 Å². The summed E-state index contributed by atoms with van der Waals surface area (Å²) in [5.41, 5.74) is 1.63. The van der Waals surface area contributed by atoms with Crippen LogP contribution in [0.5, 0.6) is 5.75 Å². The maximum atomic E-state index is 12.6. The van der Waals surface area contributed by atoms with Crippen LogP contribution in [0.25, 0.3) is 0 Å². The molecule has 32 heavy (non-hydrogen) atoms. The van der Waals surface area contributed by atoms with Crippen molar-refractivity contribution in [2.24, 2.45) is 4.99 Å². The molecule has 0 atom stereocenters. The highest BCUT2D eigenvalue weighted by molar-refractivity contribution is 14.0. The number of ether oxygens (including phenoxy) is 1. The number of nitrogens with zero attached hydrogens (tertiary/aromatic N) is 4. The van der Waals surface area contributed by atoms with E-state index in [2.05, 4.69) is 15.4 Å². The van der Waals surface area contributed by atoms with Gasteiger partial charge in [0.2, 0.25) is 10.0 Å². The molecule has 1 saturated heterocycles. The third kappa shape index (κ3) is 7.93. The Morgan fingerprint density at radius 1 is 1.19 bits per heavy atom. The van der Waals surface area contributed by atoms with Crippen LogP contribution in [0.4, 0.5) is 0 Å². The number of sulfonamides is 1. The lowest BCUT2D eigenvalue weighted by Gasteiger charge is -2.35. The summed E-state index contributed by atoms with van der Waals surface area (Å²) in [6, 6.07) is 9.58. The van der Waals surface area contributed by atoms with Gasteiger partial charge in [0.25, 0.3) is 0 Å². The molecule has 1 aliphatic rings. The lowest BCUT2D eigenvalue weighted by atomic mass is 10.2. The zero-order chi connectivity index (χ0) is 22.1. The van der Waals surface area contributed by atoms with Gasteiger partial charge in [-0.2, -0.15) is 4.31 Å². The second-order valence-corrected chi connectivity index (χ2v) is 9.35. The second-order valence-electron chi connectivity index (χ2n) is 7.38. The highest BCUT2D eigenvalue weighted by Gasteiger charge is 2.28. The van der Waals surface area contributed by atoms with E-state index in [1.165, 1.54) is 16.1 Å². The lowest BCUT2D eigenvalue weighted by molar-refractivity contribution is 0.259. The molecule has 1 aromatic heterocycles. The number of hydrogen-bond donors (Lipinski definition) is 1. The van der Waals surface area contributed by atoms with E-state index >= 15 is 0 Å². The molecule has 9 nitrogen and oxygen atoms in total. The number of rotatable bonds is 9. The molecule has 1 aromatic carbocycles. The third-order valence-electron chi connectivity index (χ3n) is 4.94. The van der Waals surface area contributed by atoms with Crippen LogP contribution >= 0.6 is 24.0 Å². The molecular formula is C21H32IN5O4S. The Bertz CT molecular complexity index is 928. The third-order valence-corrected chi connectivity index (χ3v) is 6.75. The van der Waals surface area contributed by atoms with Gasteiger partial charge >= 0.3 is 0 Å². The van der Waals surface area contributed by atoms with Crippen molar-refractivity contribution in [1.29, 1.82) is 0 Å². The summed E-state index contributed by atoms with van der Waals surface area (Å²) < 4.78 is 37.2. The van der Waals surface area contributed by atoms with E-state index in [4.69, 9.17) is 14.3 Å². The van der Waals surface area contributed by atoms with Gasteiger partial charge in [-0.15, -0.1) is 24.0 Å². The minimum Gasteiger partial charge on any atom is -0.494 e. The van der Waals surface area contributed by atoms with E-state index in [0.29, 0.717) is 45.0 Å². The van der Waals surface area contributed by atoms with Crippen LogP contribution in [0.3, 0.4) is 0 Å². The largest absolute Gasteiger partial charge is 0.494 e. The molecule has 0 unspecified atom stereocenters. The Labute approximate surface area is 207 Å². The van der Waals surface area contributed by atoms with Crippen LogP contribution in [-0.2, 0) is 15.8 Å². The van der Waals surface area contributed by atoms with Gasteiger partial charge in [-0.3, -0.25) is 4.99 Å². The van der Waals surface area contributed by atoms with Crippen LogP contribution in [-0.4, -0.2) is 74.6 Å². The van der Waals surface area contributed by atoms with Gasteiger partial charge in [-0.25, -0.2) is 8.42 Å². The number of aryl methyl sites for hydroxylation is 1. The minimum atomic E-state index is -3.41. The highest BCUT2D eigenvalue weighted by atomic mass is 127. The van der Waals surface area contributed by atoms with Gasteiger partial charge in [0.1, 0.15) is 17.8 Å². The monoisotopic (exact) mass is 577 g/mol. The molecule has 2 heterocycles. The van der Waals surface area contributed by atoms with Gasteiger partial charge in [0, 0.05) is 51.8 Å². The van der Waals surface area contributed by atoms with Crippen LogP contribution < -0.4 is 10.1 Å². The second kappa shape index (κ2) is 13.0. The van der Waals surface area contributed by atoms with Crippen LogP contribution in [0.2, 0.25) is 0 Å². The molecule has 0 bridgehead atoms. The Kier molecular flexibility index (Phi) is 10.7. The number of halogens is 1. The molecule has 2 aromatic rings. The summed E-state index contributed by atoms with van der Waals surface area (Å²) >= 11 is 0. The molecule has 11 heteroatoms. The van der Waals surface area contributed by atoms with Crippen molar-refractivity contribution in [2.75, 3.05) is 45.9 Å². The molecule has 0 radical (unpaired) electrons. The molecular weight excluding hydrogens is 545 g/mol. The predicted molar refractivity (Wildman–Crippen MR) is 135 cm³/mol. The van der Waals surface area contributed by atoms with Crippen LogP contribution in [0.1, 0.15) is 24.6 Å². The van der Waals surface area contributed by atoms with Gasteiger partial charge in [-0.1, -0.05) is 22.9 Å². The number of nitrogens with one attached hydrogen (secondary N) is 1. The lowest BCUT2D eigenvalue weighted by Crippen LogP contribution is -2.53. The molecule has 1 N–H and O–H groups in total. The fourth-order valence-corrected chi connectivity index (χ4v) is 4.69. The molecule has 0 saturated carbocycles. The summed E-state index contributed by atoms with van der Waals surface area (Å²) in [5.74, 6) is 1.54. The standard InChI is InChI=1S/C21H31N5O4S.HI/c1-3-22-21(23-10-4-15-29-20-7-5-18(2)6-8-20)25-11-13-26(14-12-25)31(27,28)17-19-9-16-30-24-19;/h5-9,16H,3-4,10-15,17H2,1-2H3,(H,22,23);1H. The zero-order valence-corrected chi connectivity index (χ0v) is 21.7. The zero-order valence-electron chi connectivity index (χ0n) is 18.6. The van der Waals surface area contributed by atoms with E-state index in [9.17, 15) is 8.42 Å². The number of benzene rings is 1. The first-order valence-corrected chi connectivity index (χ1v) is 12.2. The molecule has 1 aliphatic heterocycles. The normalized spacial score (nSPS) is 15.3. The van der Waals surface area contributed by atoms with E-state index < -0.39 is 10.0 Å². The first kappa shape index (κ1) is 26.4. The van der Waals surface area contributed by atoms with Crippen molar-refractivity contribution < 1.29 is 17.7 Å². The number of guanidine groups is 1. The summed E-state index contributed by atoms with van der Waals surface area (Å²) in [6.45, 7) is 8.07. The molecule has 1 fully saturated rings. The van der Waals surface area contributed by atoms with Crippen molar-refractivity contribution >= 4 is 40.0 Å². The predicted octanol–water partition coefficient (Wildman–Crippen LogP) is 2.48. The van der Waals surface area contributed by atoms with Crippen molar-refractivity contribution in [3.8, 4) is 5.75 Å². The van der Waals surface area contributed by atoms with Crippen molar-refractivity contribution in [1.82, 2.24) is 19.7 Å². The van der Waals surface area contributed by atoms with E-state index in [1.807, 2.05) is 38.1 Å². The van der Waals surface area contributed by atoms with Crippen molar-refractivity contribution in [3.05, 3.63) is 47.9 Å². The summed E-state index contributed by atoms with van der Waals surface area (Å²) in [4.78, 5) is 6.80. The Balaban J connectivity index is 0.00000363. The summed E-state index contributed by atoms with van der Waals surface area (Å²) in [7, 11) is -3.41. The Hall–Kier alpha value is -1.86. The molecule has 0 amide bonds. The van der Waals surface area contributed by atoms with Gasteiger partial charge in [0.15, 0.2) is 5.96 Å². The quantitative estimate of drug-likeness (QED) is 0.212. The average Bonchev–Trinajstić information content (AvgIpc) is 3.26. The molecule has 0 aliphatic carbocycles. The number of aliphatic imine (C=N–C) groups is 1. The van der Waals surface area contributed by atoms with Crippen LogP contribution in [0.15, 0.2) is 46.1 Å². The van der Waals surface area contributed by atoms with E-state index in [-0.39, 0.29) is 29.7 Å². The first-order chi connectivity index (χ1) is 15.0. The summed E-state index contributed by atoms with van der Waals surface area (Å²) in [5, 5.41) is 7.01. The Morgan fingerprint density at radius 3 is 2.53 bits per heavy atom. The smallest absolute Gasteiger partial charge is 0.220 e. The van der Waals surface area contributed by atoms with Crippen LogP contribution in [0, 0.1) is 6.92 Å².